The quantitative estimate of drug-likeness (QED) is 0.764. The van der Waals surface area contributed by atoms with Gasteiger partial charge in [0.25, 0.3) is 0 Å². The summed E-state index contributed by atoms with van der Waals surface area (Å²) in [6.45, 7) is 4.63. The van der Waals surface area contributed by atoms with Gasteiger partial charge in [0.15, 0.2) is 5.65 Å². The standard InChI is InChI=1S/C13H20N4O2/c1-10-4-5-11-12(15-10)17(13(14)16-11)6-3-7-19-9-8-18-2/h4-5H,3,6-9H2,1-2H3,(H2,14,16). The Kier molecular flexibility index (Phi) is 4.70. The highest BCUT2D eigenvalue weighted by Crippen LogP contribution is 2.16. The number of aromatic nitrogens is 3. The van der Waals surface area contributed by atoms with E-state index in [2.05, 4.69) is 9.97 Å². The number of rotatable bonds is 7. The normalized spacial score (nSPS) is 11.3. The molecule has 0 unspecified atom stereocenters. The molecule has 0 saturated carbocycles. The van der Waals surface area contributed by atoms with Gasteiger partial charge < -0.3 is 15.2 Å². The van der Waals surface area contributed by atoms with Crippen molar-refractivity contribution in [3.05, 3.63) is 17.8 Å². The van der Waals surface area contributed by atoms with Crippen LogP contribution in [0.5, 0.6) is 0 Å². The van der Waals surface area contributed by atoms with Gasteiger partial charge in [0.1, 0.15) is 5.52 Å². The number of anilines is 1. The molecule has 0 aliphatic rings. The number of nitrogens with two attached hydrogens (primary N) is 1. The Balaban J connectivity index is 1.96. The first-order chi connectivity index (χ1) is 9.22. The predicted molar refractivity (Wildman–Crippen MR) is 74.0 cm³/mol. The van der Waals surface area contributed by atoms with Crippen LogP contribution in [0.2, 0.25) is 0 Å². The fraction of sp³-hybridized carbons (Fsp3) is 0.538. The van der Waals surface area contributed by atoms with Gasteiger partial charge in [-0.3, -0.25) is 4.57 Å². The minimum atomic E-state index is 0.505. The maximum atomic E-state index is 5.92. The van der Waals surface area contributed by atoms with Gasteiger partial charge in [-0.15, -0.1) is 0 Å². The van der Waals surface area contributed by atoms with Crippen molar-refractivity contribution in [1.29, 1.82) is 0 Å². The van der Waals surface area contributed by atoms with Crippen molar-refractivity contribution in [3.63, 3.8) is 0 Å². The lowest BCUT2D eigenvalue weighted by Crippen LogP contribution is -2.08. The second kappa shape index (κ2) is 6.49. The highest BCUT2D eigenvalue weighted by atomic mass is 16.5. The van der Waals surface area contributed by atoms with Crippen LogP contribution in [0.3, 0.4) is 0 Å². The predicted octanol–water partition coefficient (Wildman–Crippen LogP) is 1.38. The van der Waals surface area contributed by atoms with E-state index in [9.17, 15) is 0 Å². The van der Waals surface area contributed by atoms with Gasteiger partial charge in [0.05, 0.1) is 13.2 Å². The lowest BCUT2D eigenvalue weighted by Gasteiger charge is -2.07. The molecule has 0 aliphatic heterocycles. The number of imidazole rings is 1. The smallest absolute Gasteiger partial charge is 0.202 e. The third-order valence-electron chi connectivity index (χ3n) is 2.86. The maximum Gasteiger partial charge on any atom is 0.202 e. The van der Waals surface area contributed by atoms with Crippen molar-refractivity contribution in [2.75, 3.05) is 32.7 Å². The second-order valence-electron chi connectivity index (χ2n) is 4.38. The second-order valence-corrected chi connectivity index (χ2v) is 4.38. The van der Waals surface area contributed by atoms with Crippen molar-refractivity contribution >= 4 is 17.1 Å². The van der Waals surface area contributed by atoms with Crippen LogP contribution in [0.15, 0.2) is 12.1 Å². The number of aryl methyl sites for hydroxylation is 2. The summed E-state index contributed by atoms with van der Waals surface area (Å²) in [7, 11) is 1.66. The molecule has 2 rings (SSSR count). The summed E-state index contributed by atoms with van der Waals surface area (Å²) in [5, 5.41) is 0. The summed E-state index contributed by atoms with van der Waals surface area (Å²) in [5.74, 6) is 0.505. The molecule has 19 heavy (non-hydrogen) atoms. The molecular weight excluding hydrogens is 244 g/mol. The zero-order chi connectivity index (χ0) is 13.7. The van der Waals surface area contributed by atoms with Gasteiger partial charge in [-0.05, 0) is 25.5 Å². The maximum absolute atomic E-state index is 5.92. The van der Waals surface area contributed by atoms with Crippen LogP contribution >= 0.6 is 0 Å². The van der Waals surface area contributed by atoms with Crippen LogP contribution in [0.4, 0.5) is 5.95 Å². The van der Waals surface area contributed by atoms with Crippen LogP contribution in [0.25, 0.3) is 11.2 Å². The molecule has 0 amide bonds. The van der Waals surface area contributed by atoms with E-state index < -0.39 is 0 Å². The van der Waals surface area contributed by atoms with Crippen molar-refractivity contribution in [2.24, 2.45) is 0 Å². The highest BCUT2D eigenvalue weighted by molar-refractivity contribution is 5.74. The molecule has 2 aromatic rings. The summed E-state index contributed by atoms with van der Waals surface area (Å²) >= 11 is 0. The van der Waals surface area contributed by atoms with Gasteiger partial charge in [0, 0.05) is 26.0 Å². The van der Waals surface area contributed by atoms with Crippen LogP contribution in [0, 0.1) is 6.92 Å². The molecule has 0 spiro atoms. The molecule has 6 heteroatoms. The summed E-state index contributed by atoms with van der Waals surface area (Å²) in [5.41, 5.74) is 8.56. The fourth-order valence-electron chi connectivity index (χ4n) is 1.90. The fourth-order valence-corrected chi connectivity index (χ4v) is 1.90. The molecule has 0 saturated heterocycles. The first kappa shape index (κ1) is 13.8. The van der Waals surface area contributed by atoms with E-state index in [0.717, 1.165) is 29.8 Å². The van der Waals surface area contributed by atoms with Gasteiger partial charge in [-0.2, -0.15) is 0 Å². The van der Waals surface area contributed by atoms with E-state index in [1.54, 1.807) is 7.11 Å². The molecule has 2 N–H and O–H groups in total. The molecule has 0 bridgehead atoms. The average Bonchev–Trinajstić information content (AvgIpc) is 2.69. The van der Waals surface area contributed by atoms with Crippen molar-refractivity contribution in [1.82, 2.24) is 14.5 Å². The number of nitrogen functional groups attached to an aromatic ring is 1. The van der Waals surface area contributed by atoms with Crippen LogP contribution in [-0.4, -0.2) is 41.5 Å². The Morgan fingerprint density at radius 1 is 1.21 bits per heavy atom. The molecule has 6 nitrogen and oxygen atoms in total. The molecule has 0 fully saturated rings. The van der Waals surface area contributed by atoms with E-state index in [1.165, 1.54) is 0 Å². The number of hydrogen-bond acceptors (Lipinski definition) is 5. The number of fused-ring (bicyclic) bond motifs is 1. The topological polar surface area (TPSA) is 75.2 Å². The Bertz CT molecular complexity index is 539. The lowest BCUT2D eigenvalue weighted by atomic mass is 10.3. The molecule has 0 aliphatic carbocycles. The van der Waals surface area contributed by atoms with Crippen molar-refractivity contribution < 1.29 is 9.47 Å². The summed E-state index contributed by atoms with van der Waals surface area (Å²) < 4.78 is 12.3. The largest absolute Gasteiger partial charge is 0.382 e. The molecule has 0 atom stereocenters. The molecule has 104 valence electrons. The van der Waals surface area contributed by atoms with E-state index in [0.29, 0.717) is 25.8 Å². The first-order valence-corrected chi connectivity index (χ1v) is 6.38. The van der Waals surface area contributed by atoms with Gasteiger partial charge in [-0.25, -0.2) is 9.97 Å². The molecule has 2 heterocycles. The highest BCUT2D eigenvalue weighted by Gasteiger charge is 2.08. The van der Waals surface area contributed by atoms with Crippen LogP contribution in [0.1, 0.15) is 12.1 Å². The van der Waals surface area contributed by atoms with Crippen LogP contribution < -0.4 is 5.73 Å². The third-order valence-corrected chi connectivity index (χ3v) is 2.86. The first-order valence-electron chi connectivity index (χ1n) is 6.38. The zero-order valence-electron chi connectivity index (χ0n) is 11.4. The van der Waals surface area contributed by atoms with Gasteiger partial charge in [0.2, 0.25) is 5.95 Å². The summed E-state index contributed by atoms with van der Waals surface area (Å²) in [6.07, 6.45) is 0.870. The van der Waals surface area contributed by atoms with Crippen molar-refractivity contribution in [3.8, 4) is 0 Å². The number of ether oxygens (including phenoxy) is 2. The van der Waals surface area contributed by atoms with E-state index in [1.807, 2.05) is 23.6 Å². The van der Waals surface area contributed by atoms with E-state index in [-0.39, 0.29) is 0 Å². The Morgan fingerprint density at radius 3 is 2.84 bits per heavy atom. The number of nitrogens with zero attached hydrogens (tertiary/aromatic N) is 3. The molecule has 0 aromatic carbocycles. The summed E-state index contributed by atoms with van der Waals surface area (Å²) in [4.78, 5) is 8.78. The minimum absolute atomic E-state index is 0.505. The van der Waals surface area contributed by atoms with Crippen molar-refractivity contribution in [2.45, 2.75) is 19.9 Å². The Morgan fingerprint density at radius 2 is 2.05 bits per heavy atom. The zero-order valence-corrected chi connectivity index (χ0v) is 11.4. The van der Waals surface area contributed by atoms with Gasteiger partial charge >= 0.3 is 0 Å². The lowest BCUT2D eigenvalue weighted by molar-refractivity contribution is 0.0681. The SMILES string of the molecule is COCCOCCCn1c(N)nc2ccc(C)nc21. The monoisotopic (exact) mass is 264 g/mol. The summed E-state index contributed by atoms with van der Waals surface area (Å²) in [6, 6.07) is 3.88. The number of hydrogen-bond donors (Lipinski definition) is 1. The van der Waals surface area contributed by atoms with E-state index >= 15 is 0 Å². The number of methoxy groups -OCH3 is 1. The number of pyridine rings is 1. The van der Waals surface area contributed by atoms with Gasteiger partial charge in [-0.1, -0.05) is 0 Å². The van der Waals surface area contributed by atoms with Crippen LogP contribution in [-0.2, 0) is 16.0 Å². The minimum Gasteiger partial charge on any atom is -0.382 e. The molecule has 2 aromatic heterocycles. The third kappa shape index (κ3) is 3.42. The Hall–Kier alpha value is -1.66. The average molecular weight is 264 g/mol. The molecule has 0 radical (unpaired) electrons. The molecular formula is C13H20N4O2. The Labute approximate surface area is 112 Å². The van der Waals surface area contributed by atoms with E-state index in [4.69, 9.17) is 15.2 Å².